The van der Waals surface area contributed by atoms with Gasteiger partial charge in [-0.05, 0) is 25.7 Å². The monoisotopic (exact) mass is 216 g/mol. The van der Waals surface area contributed by atoms with E-state index in [-0.39, 0.29) is 0 Å². The first-order valence-corrected chi connectivity index (χ1v) is 6.57. The van der Waals surface area contributed by atoms with Gasteiger partial charge in [0.05, 0.1) is 6.10 Å². The molecule has 1 atom stereocenters. The number of ether oxygens (including phenoxy) is 1. The van der Waals surface area contributed by atoms with Gasteiger partial charge < -0.3 is 9.84 Å². The molecule has 0 heterocycles. The van der Waals surface area contributed by atoms with Crippen LogP contribution in [0.3, 0.4) is 0 Å². The number of hydrogen-bond acceptors (Lipinski definition) is 2. The van der Waals surface area contributed by atoms with Gasteiger partial charge >= 0.3 is 0 Å². The van der Waals surface area contributed by atoms with Gasteiger partial charge in [-0.25, -0.2) is 0 Å². The van der Waals surface area contributed by atoms with E-state index in [0.29, 0.717) is 12.7 Å². The van der Waals surface area contributed by atoms with E-state index in [9.17, 15) is 0 Å². The second kappa shape index (κ2) is 12.0. The van der Waals surface area contributed by atoms with E-state index in [2.05, 4.69) is 13.8 Å². The lowest BCUT2D eigenvalue weighted by atomic mass is 10.1. The van der Waals surface area contributed by atoms with Crippen LogP contribution >= 0.6 is 0 Å². The van der Waals surface area contributed by atoms with Crippen LogP contribution in [0, 0.1) is 0 Å². The zero-order valence-corrected chi connectivity index (χ0v) is 10.5. The Morgan fingerprint density at radius 2 is 1.73 bits per heavy atom. The van der Waals surface area contributed by atoms with Crippen molar-refractivity contribution < 1.29 is 9.84 Å². The highest BCUT2D eigenvalue weighted by atomic mass is 16.5. The van der Waals surface area contributed by atoms with E-state index < -0.39 is 0 Å². The summed E-state index contributed by atoms with van der Waals surface area (Å²) < 4.78 is 5.82. The van der Waals surface area contributed by atoms with Crippen molar-refractivity contribution >= 4 is 0 Å². The van der Waals surface area contributed by atoms with Crippen molar-refractivity contribution in [1.82, 2.24) is 0 Å². The normalized spacial score (nSPS) is 13.0. The van der Waals surface area contributed by atoms with Crippen molar-refractivity contribution in [3.8, 4) is 0 Å². The maximum absolute atomic E-state index is 8.77. The Labute approximate surface area is 95.0 Å². The predicted molar refractivity (Wildman–Crippen MR) is 65.1 cm³/mol. The molecule has 1 unspecified atom stereocenters. The molecular weight excluding hydrogens is 188 g/mol. The van der Waals surface area contributed by atoms with Crippen LogP contribution in [-0.2, 0) is 4.74 Å². The highest BCUT2D eigenvalue weighted by Gasteiger charge is 2.06. The largest absolute Gasteiger partial charge is 0.396 e. The van der Waals surface area contributed by atoms with Gasteiger partial charge in [0.15, 0.2) is 0 Å². The molecule has 0 aliphatic rings. The SMILES string of the molecule is CCCCCCOC(CCC)CCCO. The molecule has 2 heteroatoms. The van der Waals surface area contributed by atoms with Crippen LogP contribution in [-0.4, -0.2) is 24.4 Å². The number of rotatable bonds is 11. The number of hydrogen-bond donors (Lipinski definition) is 1. The van der Waals surface area contributed by atoms with Crippen molar-refractivity contribution in [3.63, 3.8) is 0 Å². The van der Waals surface area contributed by atoms with Gasteiger partial charge in [-0.15, -0.1) is 0 Å². The smallest absolute Gasteiger partial charge is 0.0575 e. The fraction of sp³-hybridized carbons (Fsp3) is 1.00. The van der Waals surface area contributed by atoms with Crippen LogP contribution in [0.15, 0.2) is 0 Å². The Bertz CT molecular complexity index is 115. The molecule has 0 saturated carbocycles. The zero-order chi connectivity index (χ0) is 11.4. The summed E-state index contributed by atoms with van der Waals surface area (Å²) in [5.74, 6) is 0. The van der Waals surface area contributed by atoms with Crippen molar-refractivity contribution in [3.05, 3.63) is 0 Å². The lowest BCUT2D eigenvalue weighted by Crippen LogP contribution is -2.14. The molecule has 92 valence electrons. The Balaban J connectivity index is 3.38. The second-order valence-corrected chi connectivity index (χ2v) is 4.21. The summed E-state index contributed by atoms with van der Waals surface area (Å²) in [6.45, 7) is 5.60. The van der Waals surface area contributed by atoms with Crippen LogP contribution in [0.5, 0.6) is 0 Å². The molecule has 0 aromatic heterocycles. The lowest BCUT2D eigenvalue weighted by molar-refractivity contribution is 0.0344. The molecule has 0 saturated heterocycles. The van der Waals surface area contributed by atoms with Crippen LogP contribution < -0.4 is 0 Å². The fourth-order valence-corrected chi connectivity index (χ4v) is 1.73. The van der Waals surface area contributed by atoms with Crippen molar-refractivity contribution in [2.75, 3.05) is 13.2 Å². The van der Waals surface area contributed by atoms with E-state index in [0.717, 1.165) is 25.9 Å². The highest BCUT2D eigenvalue weighted by Crippen LogP contribution is 2.10. The Kier molecular flexibility index (Phi) is 11.9. The molecule has 0 amide bonds. The van der Waals surface area contributed by atoms with Gasteiger partial charge in [0, 0.05) is 13.2 Å². The first kappa shape index (κ1) is 14.9. The third-order valence-electron chi connectivity index (χ3n) is 2.65. The minimum Gasteiger partial charge on any atom is -0.396 e. The Morgan fingerprint density at radius 1 is 0.933 bits per heavy atom. The number of aliphatic hydroxyl groups is 1. The maximum Gasteiger partial charge on any atom is 0.0575 e. The van der Waals surface area contributed by atoms with Crippen molar-refractivity contribution in [1.29, 1.82) is 0 Å². The number of aliphatic hydroxyl groups excluding tert-OH is 1. The highest BCUT2D eigenvalue weighted by molar-refractivity contribution is 4.57. The minimum atomic E-state index is 0.291. The van der Waals surface area contributed by atoms with Gasteiger partial charge in [-0.1, -0.05) is 39.5 Å². The van der Waals surface area contributed by atoms with E-state index in [1.807, 2.05) is 0 Å². The second-order valence-electron chi connectivity index (χ2n) is 4.21. The first-order valence-electron chi connectivity index (χ1n) is 6.57. The van der Waals surface area contributed by atoms with Crippen LogP contribution in [0.4, 0.5) is 0 Å². The predicted octanol–water partition coefficient (Wildman–Crippen LogP) is 3.52. The van der Waals surface area contributed by atoms with Gasteiger partial charge in [0.2, 0.25) is 0 Å². The molecule has 0 radical (unpaired) electrons. The third-order valence-corrected chi connectivity index (χ3v) is 2.65. The van der Waals surface area contributed by atoms with Gasteiger partial charge in [-0.2, -0.15) is 0 Å². The molecule has 0 spiro atoms. The molecule has 15 heavy (non-hydrogen) atoms. The van der Waals surface area contributed by atoms with E-state index >= 15 is 0 Å². The van der Waals surface area contributed by atoms with Crippen LogP contribution in [0.2, 0.25) is 0 Å². The summed E-state index contributed by atoms with van der Waals surface area (Å²) in [5, 5.41) is 8.77. The summed E-state index contributed by atoms with van der Waals surface area (Å²) in [6, 6.07) is 0. The van der Waals surface area contributed by atoms with Crippen LogP contribution in [0.1, 0.15) is 65.2 Å². The molecule has 0 aliphatic heterocycles. The number of unbranched alkanes of at least 4 members (excludes halogenated alkanes) is 3. The first-order chi connectivity index (χ1) is 7.35. The standard InChI is InChI=1S/C13H28O2/c1-3-5-6-7-12-15-13(9-4-2)10-8-11-14/h13-14H,3-12H2,1-2H3. The average molecular weight is 216 g/mol. The van der Waals surface area contributed by atoms with Crippen LogP contribution in [0.25, 0.3) is 0 Å². The lowest BCUT2D eigenvalue weighted by Gasteiger charge is -2.16. The van der Waals surface area contributed by atoms with Crippen molar-refractivity contribution in [2.45, 2.75) is 71.3 Å². The summed E-state index contributed by atoms with van der Waals surface area (Å²) >= 11 is 0. The summed E-state index contributed by atoms with van der Waals surface area (Å²) in [4.78, 5) is 0. The molecule has 0 rings (SSSR count). The summed E-state index contributed by atoms with van der Waals surface area (Å²) in [5.41, 5.74) is 0. The van der Waals surface area contributed by atoms with Crippen molar-refractivity contribution in [2.24, 2.45) is 0 Å². The van der Waals surface area contributed by atoms with Gasteiger partial charge in [-0.3, -0.25) is 0 Å². The molecule has 0 fully saturated rings. The van der Waals surface area contributed by atoms with E-state index in [1.54, 1.807) is 0 Å². The van der Waals surface area contributed by atoms with E-state index in [1.165, 1.54) is 32.1 Å². The Hall–Kier alpha value is -0.0800. The molecule has 0 bridgehead atoms. The molecule has 0 aromatic rings. The van der Waals surface area contributed by atoms with Gasteiger partial charge in [0.25, 0.3) is 0 Å². The molecule has 0 aliphatic carbocycles. The van der Waals surface area contributed by atoms with E-state index in [4.69, 9.17) is 9.84 Å². The summed E-state index contributed by atoms with van der Waals surface area (Å²) in [6.07, 6.45) is 9.64. The molecule has 0 aromatic carbocycles. The Morgan fingerprint density at radius 3 is 2.33 bits per heavy atom. The fourth-order valence-electron chi connectivity index (χ4n) is 1.73. The summed E-state index contributed by atoms with van der Waals surface area (Å²) in [7, 11) is 0. The topological polar surface area (TPSA) is 29.5 Å². The molecule has 2 nitrogen and oxygen atoms in total. The average Bonchev–Trinajstić information content (AvgIpc) is 2.25. The zero-order valence-electron chi connectivity index (χ0n) is 10.5. The maximum atomic E-state index is 8.77. The molecule has 1 N–H and O–H groups in total. The van der Waals surface area contributed by atoms with Gasteiger partial charge in [0.1, 0.15) is 0 Å². The minimum absolute atomic E-state index is 0.291. The molecular formula is C13H28O2. The quantitative estimate of drug-likeness (QED) is 0.535. The third kappa shape index (κ3) is 10.2.